The molecule has 3 aromatic heterocycles. The lowest BCUT2D eigenvalue weighted by molar-refractivity contribution is -0.853. The van der Waals surface area contributed by atoms with Gasteiger partial charge in [-0.1, -0.05) is 29.8 Å². The molecule has 204 valence electrons. The molecular formula is C25H24Cl2F2N7O3+. The summed E-state index contributed by atoms with van der Waals surface area (Å²) in [6.07, 6.45) is 4.12. The first-order chi connectivity index (χ1) is 18.6. The Morgan fingerprint density at radius 3 is 2.59 bits per heavy atom. The van der Waals surface area contributed by atoms with E-state index in [1.165, 1.54) is 48.6 Å². The Morgan fingerprint density at radius 1 is 1.21 bits per heavy atom. The molecule has 0 bridgehead atoms. The van der Waals surface area contributed by atoms with E-state index >= 15 is 4.39 Å². The summed E-state index contributed by atoms with van der Waals surface area (Å²) in [6, 6.07) is 4.00. The highest BCUT2D eigenvalue weighted by Crippen LogP contribution is 2.33. The fourth-order valence-corrected chi connectivity index (χ4v) is 4.10. The lowest BCUT2D eigenvalue weighted by Crippen LogP contribution is -3.21. The number of carbonyl (C=O) groups is 1. The zero-order chi connectivity index (χ0) is 28.3. The summed E-state index contributed by atoms with van der Waals surface area (Å²) in [5.41, 5.74) is 3.70. The van der Waals surface area contributed by atoms with Gasteiger partial charge in [-0.2, -0.15) is 10.1 Å². The Morgan fingerprint density at radius 2 is 1.97 bits per heavy atom. The van der Waals surface area contributed by atoms with Crippen LogP contribution in [-0.2, 0) is 0 Å². The van der Waals surface area contributed by atoms with Crippen molar-refractivity contribution in [3.05, 3.63) is 82.6 Å². The van der Waals surface area contributed by atoms with Crippen molar-refractivity contribution in [1.82, 2.24) is 30.7 Å². The molecule has 3 heterocycles. The molecule has 0 aliphatic heterocycles. The summed E-state index contributed by atoms with van der Waals surface area (Å²) in [5.74, 6) is -0.844. The van der Waals surface area contributed by atoms with Gasteiger partial charge in [0.15, 0.2) is 11.6 Å². The number of carbonyl (C=O) groups excluding carboxylic acids is 1. The SMILES string of the molecule is C=C(N[NH+](CC)C(=O)N[C@H](C)c1ncc(-c2cc(Cl)cc(F)c2-n2cc(Cl)cn2)cc1F)c1cc(OC)no1. The van der Waals surface area contributed by atoms with E-state index in [2.05, 4.69) is 32.6 Å². The second-order valence-corrected chi connectivity index (χ2v) is 9.22. The number of rotatable bonds is 9. The van der Waals surface area contributed by atoms with Crippen LogP contribution in [-0.4, -0.2) is 39.6 Å². The van der Waals surface area contributed by atoms with Crippen molar-refractivity contribution in [2.75, 3.05) is 13.7 Å². The largest absolute Gasteiger partial charge is 0.479 e. The molecule has 0 fully saturated rings. The van der Waals surface area contributed by atoms with Gasteiger partial charge in [0.25, 0.3) is 5.88 Å². The van der Waals surface area contributed by atoms with Gasteiger partial charge >= 0.3 is 6.03 Å². The number of nitrogens with zero attached hydrogens (tertiary/aromatic N) is 4. The number of urea groups is 1. The van der Waals surface area contributed by atoms with Crippen LogP contribution in [0.25, 0.3) is 22.5 Å². The van der Waals surface area contributed by atoms with Crippen molar-refractivity contribution in [3.8, 4) is 22.7 Å². The summed E-state index contributed by atoms with van der Waals surface area (Å²) in [7, 11) is 1.44. The van der Waals surface area contributed by atoms with Crippen LogP contribution in [0.1, 0.15) is 31.3 Å². The second-order valence-electron chi connectivity index (χ2n) is 8.34. The molecule has 39 heavy (non-hydrogen) atoms. The highest BCUT2D eigenvalue weighted by Gasteiger charge is 2.25. The van der Waals surface area contributed by atoms with Gasteiger partial charge < -0.3 is 9.26 Å². The smallest absolute Gasteiger partial charge is 0.439 e. The van der Waals surface area contributed by atoms with Gasteiger partial charge in [-0.3, -0.25) is 10.3 Å². The van der Waals surface area contributed by atoms with Gasteiger partial charge in [0.2, 0.25) is 0 Å². The maximum atomic E-state index is 15.3. The monoisotopic (exact) mass is 578 g/mol. The van der Waals surface area contributed by atoms with Gasteiger partial charge in [-0.05, 0) is 37.2 Å². The molecule has 0 aliphatic carbocycles. The van der Waals surface area contributed by atoms with E-state index in [0.717, 1.165) is 6.07 Å². The molecule has 4 aromatic rings. The molecule has 14 heteroatoms. The Labute approximate surface area is 232 Å². The number of hydrogen-bond acceptors (Lipinski definition) is 7. The fourth-order valence-electron chi connectivity index (χ4n) is 3.76. The molecule has 1 aromatic carbocycles. The van der Waals surface area contributed by atoms with Crippen LogP contribution in [0.3, 0.4) is 0 Å². The zero-order valence-electron chi connectivity index (χ0n) is 21.1. The first kappa shape index (κ1) is 28.0. The topological polar surface area (TPSA) is 112 Å². The lowest BCUT2D eigenvalue weighted by Gasteiger charge is -2.20. The van der Waals surface area contributed by atoms with Gasteiger partial charge in [-0.25, -0.2) is 23.7 Å². The number of quaternary nitrogens is 1. The number of aromatic nitrogens is 4. The molecule has 2 atom stereocenters. The molecule has 2 amide bonds. The first-order valence-electron chi connectivity index (χ1n) is 11.6. The van der Waals surface area contributed by atoms with Crippen LogP contribution in [0.15, 0.2) is 54.0 Å². The summed E-state index contributed by atoms with van der Waals surface area (Å²) < 4.78 is 41.5. The molecule has 4 rings (SSSR count). The lowest BCUT2D eigenvalue weighted by atomic mass is 10.0. The van der Waals surface area contributed by atoms with E-state index in [9.17, 15) is 9.18 Å². The van der Waals surface area contributed by atoms with E-state index in [-0.39, 0.29) is 44.2 Å². The van der Waals surface area contributed by atoms with E-state index in [1.807, 2.05) is 0 Å². The van der Waals surface area contributed by atoms with E-state index in [0.29, 0.717) is 17.3 Å². The van der Waals surface area contributed by atoms with Crippen molar-refractivity contribution in [2.24, 2.45) is 0 Å². The van der Waals surface area contributed by atoms with Crippen LogP contribution in [0.5, 0.6) is 5.88 Å². The van der Waals surface area contributed by atoms with Crippen LogP contribution < -0.4 is 20.5 Å². The summed E-state index contributed by atoms with van der Waals surface area (Å²) >= 11 is 12.0. The third kappa shape index (κ3) is 6.19. The standard InChI is InChI=1S/C25H23Cl2F2N7O3/c1-5-35(33-13(2)21-9-22(38-4)34-39-21)25(37)32-14(3)23-19(28)6-15(10-30-23)18-7-16(26)8-20(29)24(18)36-12-17(27)11-31-36/h6-12,14,33H,2,5H2,1,3-4H3,(H,32,37)/p+1/t14-/m1/s1. The number of hydrogen-bond donors (Lipinski definition) is 3. The Hall–Kier alpha value is -4.00. The van der Waals surface area contributed by atoms with E-state index in [4.69, 9.17) is 32.5 Å². The van der Waals surface area contributed by atoms with Crippen molar-refractivity contribution in [3.63, 3.8) is 0 Å². The van der Waals surface area contributed by atoms with Crippen molar-refractivity contribution in [1.29, 1.82) is 0 Å². The minimum Gasteiger partial charge on any atom is -0.479 e. The highest BCUT2D eigenvalue weighted by atomic mass is 35.5. The Bertz CT molecular complexity index is 1530. The van der Waals surface area contributed by atoms with Crippen LogP contribution >= 0.6 is 23.2 Å². The average molecular weight is 579 g/mol. The maximum Gasteiger partial charge on any atom is 0.439 e. The molecule has 0 aliphatic rings. The van der Waals surface area contributed by atoms with Crippen LogP contribution in [0.2, 0.25) is 10.0 Å². The normalized spacial score (nSPS) is 12.6. The molecule has 0 saturated carbocycles. The summed E-state index contributed by atoms with van der Waals surface area (Å²) in [4.78, 5) is 17.1. The fraction of sp³-hybridized carbons (Fsp3) is 0.200. The van der Waals surface area contributed by atoms with Gasteiger partial charge in [0, 0.05) is 28.5 Å². The van der Waals surface area contributed by atoms with Gasteiger partial charge in [0.05, 0.1) is 36.1 Å². The minimum absolute atomic E-state index is 0.0208. The molecule has 1 unspecified atom stereocenters. The molecule has 0 saturated heterocycles. The number of nitrogens with one attached hydrogen (secondary N) is 3. The molecule has 0 radical (unpaired) electrons. The maximum absolute atomic E-state index is 15.3. The molecular weight excluding hydrogens is 555 g/mol. The van der Waals surface area contributed by atoms with E-state index < -0.39 is 23.7 Å². The highest BCUT2D eigenvalue weighted by molar-refractivity contribution is 6.31. The third-order valence-corrected chi connectivity index (χ3v) is 6.08. The quantitative estimate of drug-likeness (QED) is 0.253. The van der Waals surface area contributed by atoms with Gasteiger partial charge in [0.1, 0.15) is 23.7 Å². The molecule has 10 nitrogen and oxygen atoms in total. The van der Waals surface area contributed by atoms with Crippen LogP contribution in [0.4, 0.5) is 13.6 Å². The third-order valence-electron chi connectivity index (χ3n) is 5.67. The summed E-state index contributed by atoms with van der Waals surface area (Å²) in [5, 5.41) is 11.1. The molecule has 0 spiro atoms. The number of ether oxygens (including phenoxy) is 1. The van der Waals surface area contributed by atoms with Crippen molar-refractivity contribution < 1.29 is 27.8 Å². The second kappa shape index (κ2) is 11.8. The van der Waals surface area contributed by atoms with E-state index in [1.54, 1.807) is 13.8 Å². The number of methoxy groups -OCH3 is 1. The number of benzene rings is 1. The minimum atomic E-state index is -0.811. The predicted molar refractivity (Wildman–Crippen MR) is 140 cm³/mol. The predicted octanol–water partition coefficient (Wildman–Crippen LogP) is 4.37. The number of pyridine rings is 1. The van der Waals surface area contributed by atoms with Crippen LogP contribution in [0, 0.1) is 11.6 Å². The summed E-state index contributed by atoms with van der Waals surface area (Å²) in [6.45, 7) is 7.52. The number of halogens is 4. The molecule has 3 N–H and O–H groups in total. The average Bonchev–Trinajstić information content (AvgIpc) is 3.55. The van der Waals surface area contributed by atoms with Crippen molar-refractivity contribution in [2.45, 2.75) is 19.9 Å². The van der Waals surface area contributed by atoms with Crippen molar-refractivity contribution >= 4 is 34.9 Å². The number of amides is 2. The van der Waals surface area contributed by atoms with Gasteiger partial charge in [-0.15, -0.1) is 0 Å². The zero-order valence-corrected chi connectivity index (χ0v) is 22.6. The first-order valence-corrected chi connectivity index (χ1v) is 12.4. The Kier molecular flexibility index (Phi) is 8.48. The Balaban J connectivity index is 1.53.